The van der Waals surface area contributed by atoms with Crippen molar-refractivity contribution < 1.29 is 0 Å². The van der Waals surface area contributed by atoms with Gasteiger partial charge in [-0.15, -0.1) is 0 Å². The van der Waals surface area contributed by atoms with Gasteiger partial charge in [0.15, 0.2) is 0 Å². The zero-order valence-electron chi connectivity index (χ0n) is 30.8. The van der Waals surface area contributed by atoms with Gasteiger partial charge < -0.3 is 9.80 Å². The molecule has 2 atom stereocenters. The van der Waals surface area contributed by atoms with E-state index >= 15 is 0 Å². The Morgan fingerprint density at radius 1 is 0.556 bits per heavy atom. The number of pyridine rings is 1. The highest BCUT2D eigenvalue weighted by atomic mass is 15.2. The molecular formula is C51H41N3. The predicted molar refractivity (Wildman–Crippen MR) is 225 cm³/mol. The summed E-state index contributed by atoms with van der Waals surface area (Å²) in [6.07, 6.45) is 12.9. The minimum atomic E-state index is -0.169. The highest BCUT2D eigenvalue weighted by Crippen LogP contribution is 2.55. The molecule has 0 fully saturated rings. The first-order chi connectivity index (χ1) is 26.4. The fourth-order valence-electron chi connectivity index (χ4n) is 9.24. The van der Waals surface area contributed by atoms with E-state index in [0.29, 0.717) is 0 Å². The summed E-state index contributed by atoms with van der Waals surface area (Å²) < 4.78 is 0. The lowest BCUT2D eigenvalue weighted by Gasteiger charge is -2.39. The highest BCUT2D eigenvalue weighted by molar-refractivity contribution is 5.87. The van der Waals surface area contributed by atoms with Crippen LogP contribution in [0.15, 0.2) is 188 Å². The minimum absolute atomic E-state index is 0.0991. The van der Waals surface area contributed by atoms with Gasteiger partial charge in [-0.25, -0.2) is 0 Å². The molecule has 3 aliphatic rings. The van der Waals surface area contributed by atoms with Crippen molar-refractivity contribution in [2.45, 2.75) is 37.6 Å². The van der Waals surface area contributed by atoms with Crippen LogP contribution in [0.1, 0.15) is 43.4 Å². The molecule has 3 nitrogen and oxygen atoms in total. The average molecular weight is 696 g/mol. The molecule has 2 heterocycles. The summed E-state index contributed by atoms with van der Waals surface area (Å²) in [4.78, 5) is 9.31. The van der Waals surface area contributed by atoms with Gasteiger partial charge in [-0.1, -0.05) is 123 Å². The Kier molecular flexibility index (Phi) is 7.35. The zero-order chi connectivity index (χ0) is 36.4. The Bertz CT molecular complexity index is 2600. The number of para-hydroxylation sites is 1. The maximum absolute atomic E-state index is 4.41. The van der Waals surface area contributed by atoms with Crippen molar-refractivity contribution in [1.29, 1.82) is 0 Å². The van der Waals surface area contributed by atoms with E-state index in [9.17, 15) is 0 Å². The van der Waals surface area contributed by atoms with Crippen LogP contribution < -0.4 is 9.80 Å². The van der Waals surface area contributed by atoms with E-state index < -0.39 is 0 Å². The van der Waals surface area contributed by atoms with Crippen molar-refractivity contribution in [3.05, 3.63) is 205 Å². The van der Waals surface area contributed by atoms with Gasteiger partial charge in [0.05, 0.1) is 5.54 Å². The summed E-state index contributed by atoms with van der Waals surface area (Å²) in [7, 11) is 0. The Morgan fingerprint density at radius 2 is 1.28 bits per heavy atom. The van der Waals surface area contributed by atoms with Crippen LogP contribution in [-0.4, -0.2) is 10.5 Å². The molecule has 1 aliphatic heterocycles. The maximum Gasteiger partial charge on any atom is 0.0712 e. The first kappa shape index (κ1) is 32.2. The number of aromatic nitrogens is 1. The third-order valence-corrected chi connectivity index (χ3v) is 12.0. The van der Waals surface area contributed by atoms with Crippen LogP contribution in [0, 0.1) is 0 Å². The largest absolute Gasteiger partial charge is 0.331 e. The first-order valence-corrected chi connectivity index (χ1v) is 18.9. The molecule has 0 radical (unpaired) electrons. The lowest BCUT2D eigenvalue weighted by atomic mass is 9.80. The second-order valence-electron chi connectivity index (χ2n) is 15.5. The van der Waals surface area contributed by atoms with Crippen molar-refractivity contribution in [2.24, 2.45) is 0 Å². The summed E-state index contributed by atoms with van der Waals surface area (Å²) in [5, 5.41) is 0. The third kappa shape index (κ3) is 4.99. The zero-order valence-corrected chi connectivity index (χ0v) is 30.8. The Labute approximate surface area is 318 Å². The van der Waals surface area contributed by atoms with Gasteiger partial charge >= 0.3 is 0 Å². The standard InChI is InChI=1S/C51H41N3/c1-50(2)46-19-8-7-18-43(46)44-27-26-42(33-48(44)50)53(41-17-11-13-36(31-41)38-14-12-30-52-34-38)39-24-21-35(22-25-39)37-23-28-49-45(32-37)47-20-9-10-29-51(47,3)54(49)40-15-5-4-6-16-40/h4-34,47H,1-3H3/t47-,51?/m1/s1. The molecule has 260 valence electrons. The predicted octanol–water partition coefficient (Wildman–Crippen LogP) is 13.3. The van der Waals surface area contributed by atoms with E-state index in [2.05, 4.69) is 205 Å². The second-order valence-corrected chi connectivity index (χ2v) is 15.5. The van der Waals surface area contributed by atoms with Crippen LogP contribution >= 0.6 is 0 Å². The van der Waals surface area contributed by atoms with E-state index in [1.54, 1.807) is 0 Å². The first-order valence-electron chi connectivity index (χ1n) is 18.9. The van der Waals surface area contributed by atoms with Crippen LogP contribution in [-0.2, 0) is 5.41 Å². The topological polar surface area (TPSA) is 19.4 Å². The molecule has 7 aromatic rings. The molecular weight excluding hydrogens is 655 g/mol. The quantitative estimate of drug-likeness (QED) is 0.173. The van der Waals surface area contributed by atoms with E-state index in [-0.39, 0.29) is 16.9 Å². The smallest absolute Gasteiger partial charge is 0.0712 e. The number of benzene rings is 6. The fraction of sp³-hybridized carbons (Fsp3) is 0.118. The molecule has 0 N–H and O–H groups in total. The van der Waals surface area contributed by atoms with Crippen LogP contribution in [0.25, 0.3) is 33.4 Å². The summed E-state index contributed by atoms with van der Waals surface area (Å²) in [5.74, 6) is 0.259. The third-order valence-electron chi connectivity index (χ3n) is 12.0. The van der Waals surface area contributed by atoms with Crippen molar-refractivity contribution >= 4 is 28.4 Å². The molecule has 2 aliphatic carbocycles. The Balaban J connectivity index is 1.06. The summed E-state index contributed by atoms with van der Waals surface area (Å²) >= 11 is 0. The van der Waals surface area contributed by atoms with Crippen molar-refractivity contribution in [1.82, 2.24) is 4.98 Å². The van der Waals surface area contributed by atoms with Crippen molar-refractivity contribution in [3.8, 4) is 33.4 Å². The number of anilines is 5. The van der Waals surface area contributed by atoms with E-state index in [0.717, 1.165) is 28.2 Å². The molecule has 0 amide bonds. The molecule has 0 saturated carbocycles. The average Bonchev–Trinajstić information content (AvgIpc) is 3.62. The normalized spacial score (nSPS) is 18.5. The van der Waals surface area contributed by atoms with E-state index in [4.69, 9.17) is 0 Å². The van der Waals surface area contributed by atoms with E-state index in [1.165, 1.54) is 50.3 Å². The van der Waals surface area contributed by atoms with Crippen LogP contribution in [0.5, 0.6) is 0 Å². The molecule has 6 aromatic carbocycles. The number of allylic oxidation sites excluding steroid dienone is 2. The van der Waals surface area contributed by atoms with Gasteiger partial charge in [0.1, 0.15) is 0 Å². The molecule has 3 heteroatoms. The number of rotatable bonds is 6. The Morgan fingerprint density at radius 3 is 2.11 bits per heavy atom. The van der Waals surface area contributed by atoms with Gasteiger partial charge in [-0.05, 0) is 118 Å². The summed E-state index contributed by atoms with van der Waals surface area (Å²) in [5.41, 5.74) is 17.0. The van der Waals surface area contributed by atoms with Crippen LogP contribution in [0.3, 0.4) is 0 Å². The summed E-state index contributed by atoms with van der Waals surface area (Å²) in [6.45, 7) is 7.05. The summed E-state index contributed by atoms with van der Waals surface area (Å²) in [6, 6.07) is 55.7. The molecule has 1 unspecified atom stereocenters. The van der Waals surface area contributed by atoms with Gasteiger partial charge in [0.2, 0.25) is 0 Å². The SMILES string of the molecule is CC1(C)c2ccccc2-c2ccc(N(c3ccc(-c4ccc5c(c4)[C@H]4C=CC=CC4(C)N5c4ccccc4)cc3)c3cccc(-c4cccnc4)c3)cc21. The van der Waals surface area contributed by atoms with Gasteiger partial charge in [0.25, 0.3) is 0 Å². The van der Waals surface area contributed by atoms with Crippen molar-refractivity contribution in [3.63, 3.8) is 0 Å². The van der Waals surface area contributed by atoms with Crippen LogP contribution in [0.2, 0.25) is 0 Å². The van der Waals surface area contributed by atoms with Crippen LogP contribution in [0.4, 0.5) is 28.4 Å². The molecule has 0 saturated heterocycles. The molecule has 0 spiro atoms. The number of hydrogen-bond donors (Lipinski definition) is 0. The monoisotopic (exact) mass is 695 g/mol. The molecule has 10 rings (SSSR count). The molecule has 0 bridgehead atoms. The lowest BCUT2D eigenvalue weighted by Crippen LogP contribution is -2.41. The van der Waals surface area contributed by atoms with Gasteiger partial charge in [-0.3, -0.25) is 4.98 Å². The fourth-order valence-corrected chi connectivity index (χ4v) is 9.24. The molecule has 54 heavy (non-hydrogen) atoms. The number of hydrogen-bond acceptors (Lipinski definition) is 3. The van der Waals surface area contributed by atoms with Gasteiger partial charge in [-0.2, -0.15) is 0 Å². The Hall–Kier alpha value is -6.45. The molecule has 1 aromatic heterocycles. The maximum atomic E-state index is 4.41. The van der Waals surface area contributed by atoms with Crippen molar-refractivity contribution in [2.75, 3.05) is 9.80 Å². The number of nitrogens with zero attached hydrogens (tertiary/aromatic N) is 3. The van der Waals surface area contributed by atoms with E-state index in [1.807, 2.05) is 18.5 Å². The van der Waals surface area contributed by atoms with Gasteiger partial charge in [0, 0.05) is 57.7 Å². The minimum Gasteiger partial charge on any atom is -0.331 e. The lowest BCUT2D eigenvalue weighted by molar-refractivity contribution is 0.542. The second kappa shape index (κ2) is 12.3. The number of fused-ring (bicyclic) bond motifs is 6. The highest BCUT2D eigenvalue weighted by Gasteiger charge is 2.47.